The van der Waals surface area contributed by atoms with Crippen LogP contribution in [0.4, 0.5) is 10.2 Å². The van der Waals surface area contributed by atoms with E-state index in [1.54, 1.807) is 6.92 Å². The van der Waals surface area contributed by atoms with Gasteiger partial charge in [0.2, 0.25) is 0 Å². The molecule has 3 heterocycles. The molecule has 1 saturated heterocycles. The molecule has 1 aliphatic rings. The highest BCUT2D eigenvalue weighted by molar-refractivity contribution is 7.91. The van der Waals surface area contributed by atoms with Gasteiger partial charge in [0.1, 0.15) is 11.5 Å². The highest BCUT2D eigenvalue weighted by atomic mass is 32.2. The standard InChI is InChI=1S/C13H15FN4O2S/c1-8-12(10-2-4-16-6-11(10)14)17-18(13(8)15)9-3-5-21(19,20)7-9/h2,4,6,9H,3,5,7,15H2,1H3. The van der Waals surface area contributed by atoms with Crippen LogP contribution < -0.4 is 5.73 Å². The van der Waals surface area contributed by atoms with E-state index in [2.05, 4.69) is 10.1 Å². The lowest BCUT2D eigenvalue weighted by Gasteiger charge is -2.10. The maximum Gasteiger partial charge on any atom is 0.152 e. The van der Waals surface area contributed by atoms with Crippen LogP contribution in [-0.4, -0.2) is 34.7 Å². The molecule has 21 heavy (non-hydrogen) atoms. The third-order valence-corrected chi connectivity index (χ3v) is 5.53. The fraction of sp³-hybridized carbons (Fsp3) is 0.385. The molecule has 0 amide bonds. The number of nitrogens with two attached hydrogens (primary N) is 1. The summed E-state index contributed by atoms with van der Waals surface area (Å²) < 4.78 is 38.5. The van der Waals surface area contributed by atoms with Crippen molar-refractivity contribution in [2.45, 2.75) is 19.4 Å². The normalized spacial score (nSPS) is 20.8. The molecule has 6 nitrogen and oxygen atoms in total. The topological polar surface area (TPSA) is 90.9 Å². The molecule has 0 aliphatic carbocycles. The van der Waals surface area contributed by atoms with Crippen LogP contribution in [0.2, 0.25) is 0 Å². The SMILES string of the molecule is Cc1c(-c2ccncc2F)nn(C2CCS(=O)(=O)C2)c1N. The summed E-state index contributed by atoms with van der Waals surface area (Å²) in [6.45, 7) is 1.75. The lowest BCUT2D eigenvalue weighted by Crippen LogP contribution is -2.14. The van der Waals surface area contributed by atoms with Crippen LogP contribution in [0.3, 0.4) is 0 Å². The van der Waals surface area contributed by atoms with E-state index in [1.807, 2.05) is 0 Å². The van der Waals surface area contributed by atoms with Crippen LogP contribution >= 0.6 is 0 Å². The van der Waals surface area contributed by atoms with Crippen molar-refractivity contribution in [1.29, 1.82) is 0 Å². The molecule has 112 valence electrons. The van der Waals surface area contributed by atoms with Crippen molar-refractivity contribution in [2.24, 2.45) is 0 Å². The maximum atomic E-state index is 13.8. The number of hydrogen-bond donors (Lipinski definition) is 1. The molecule has 2 aromatic rings. The van der Waals surface area contributed by atoms with E-state index in [-0.39, 0.29) is 17.5 Å². The summed E-state index contributed by atoms with van der Waals surface area (Å²) >= 11 is 0. The van der Waals surface area contributed by atoms with Gasteiger partial charge in [0, 0.05) is 17.3 Å². The van der Waals surface area contributed by atoms with E-state index in [9.17, 15) is 12.8 Å². The Balaban J connectivity index is 2.07. The molecule has 2 N–H and O–H groups in total. The number of pyridine rings is 1. The van der Waals surface area contributed by atoms with Gasteiger partial charge in [-0.2, -0.15) is 5.10 Å². The Morgan fingerprint density at radius 3 is 2.86 bits per heavy atom. The third kappa shape index (κ3) is 2.39. The molecule has 3 rings (SSSR count). The largest absolute Gasteiger partial charge is 0.384 e. The fourth-order valence-corrected chi connectivity index (χ4v) is 4.29. The second kappa shape index (κ2) is 4.80. The second-order valence-corrected chi connectivity index (χ2v) is 7.44. The lowest BCUT2D eigenvalue weighted by molar-refractivity contribution is 0.507. The number of anilines is 1. The predicted octanol–water partition coefficient (Wildman–Crippen LogP) is 1.33. The molecule has 0 radical (unpaired) electrons. The van der Waals surface area contributed by atoms with Gasteiger partial charge in [-0.3, -0.25) is 4.98 Å². The molecule has 1 aliphatic heterocycles. The summed E-state index contributed by atoms with van der Waals surface area (Å²) in [6.07, 6.45) is 3.07. The Morgan fingerprint density at radius 1 is 1.48 bits per heavy atom. The zero-order valence-corrected chi connectivity index (χ0v) is 12.3. The van der Waals surface area contributed by atoms with E-state index in [0.717, 1.165) is 6.20 Å². The molecule has 0 aromatic carbocycles. The van der Waals surface area contributed by atoms with Gasteiger partial charge >= 0.3 is 0 Å². The lowest BCUT2D eigenvalue weighted by atomic mass is 10.1. The first-order valence-electron chi connectivity index (χ1n) is 6.54. The van der Waals surface area contributed by atoms with Gasteiger partial charge in [-0.25, -0.2) is 17.5 Å². The molecule has 0 bridgehead atoms. The van der Waals surface area contributed by atoms with E-state index in [0.29, 0.717) is 29.1 Å². The number of rotatable bonds is 2. The molecule has 8 heteroatoms. The van der Waals surface area contributed by atoms with Crippen molar-refractivity contribution in [2.75, 3.05) is 17.2 Å². The average Bonchev–Trinajstić information content (AvgIpc) is 2.93. The van der Waals surface area contributed by atoms with Crippen molar-refractivity contribution in [1.82, 2.24) is 14.8 Å². The van der Waals surface area contributed by atoms with E-state index < -0.39 is 15.7 Å². The first-order chi connectivity index (χ1) is 9.89. The predicted molar refractivity (Wildman–Crippen MR) is 76.9 cm³/mol. The Labute approximate surface area is 121 Å². The van der Waals surface area contributed by atoms with Crippen LogP contribution in [-0.2, 0) is 9.84 Å². The van der Waals surface area contributed by atoms with Gasteiger partial charge in [0.25, 0.3) is 0 Å². The first kappa shape index (κ1) is 14.0. The molecular formula is C13H15FN4O2S. The zero-order valence-electron chi connectivity index (χ0n) is 11.5. The maximum absolute atomic E-state index is 13.8. The summed E-state index contributed by atoms with van der Waals surface area (Å²) in [5, 5.41) is 4.35. The highest BCUT2D eigenvalue weighted by Gasteiger charge is 2.32. The number of halogens is 1. The fourth-order valence-electron chi connectivity index (χ4n) is 2.60. The van der Waals surface area contributed by atoms with E-state index in [1.165, 1.54) is 16.9 Å². The molecule has 0 spiro atoms. The molecule has 1 atom stereocenters. The summed E-state index contributed by atoms with van der Waals surface area (Å²) in [5.41, 5.74) is 7.41. The number of nitrogens with zero attached hydrogens (tertiary/aromatic N) is 3. The summed E-state index contributed by atoms with van der Waals surface area (Å²) in [6, 6.07) is 1.24. The molecule has 1 fully saturated rings. The summed E-state index contributed by atoms with van der Waals surface area (Å²) in [5.74, 6) is 0.0542. The van der Waals surface area contributed by atoms with Crippen molar-refractivity contribution >= 4 is 15.7 Å². The van der Waals surface area contributed by atoms with Gasteiger partial charge in [0.05, 0.1) is 23.7 Å². The monoisotopic (exact) mass is 310 g/mol. The van der Waals surface area contributed by atoms with Crippen molar-refractivity contribution in [3.8, 4) is 11.3 Å². The van der Waals surface area contributed by atoms with Crippen molar-refractivity contribution in [3.05, 3.63) is 29.8 Å². The number of hydrogen-bond acceptors (Lipinski definition) is 5. The average molecular weight is 310 g/mol. The highest BCUT2D eigenvalue weighted by Crippen LogP contribution is 2.32. The molecule has 1 unspecified atom stereocenters. The third-order valence-electron chi connectivity index (χ3n) is 3.78. The summed E-state index contributed by atoms with van der Waals surface area (Å²) in [7, 11) is -3.04. The van der Waals surface area contributed by atoms with Crippen molar-refractivity contribution < 1.29 is 12.8 Å². The molecular weight excluding hydrogens is 295 g/mol. The van der Waals surface area contributed by atoms with Gasteiger partial charge in [-0.15, -0.1) is 0 Å². The Morgan fingerprint density at radius 2 is 2.24 bits per heavy atom. The number of aromatic nitrogens is 3. The quantitative estimate of drug-likeness (QED) is 0.903. The van der Waals surface area contributed by atoms with Crippen LogP contribution in [0.1, 0.15) is 18.0 Å². The minimum Gasteiger partial charge on any atom is -0.384 e. The van der Waals surface area contributed by atoms with Gasteiger partial charge < -0.3 is 5.73 Å². The van der Waals surface area contributed by atoms with E-state index >= 15 is 0 Å². The number of nitrogen functional groups attached to an aromatic ring is 1. The smallest absolute Gasteiger partial charge is 0.152 e. The van der Waals surface area contributed by atoms with Gasteiger partial charge in [-0.05, 0) is 19.4 Å². The number of sulfone groups is 1. The second-order valence-electron chi connectivity index (χ2n) is 5.22. The summed E-state index contributed by atoms with van der Waals surface area (Å²) in [4.78, 5) is 3.71. The van der Waals surface area contributed by atoms with Crippen LogP contribution in [0.15, 0.2) is 18.5 Å². The zero-order chi connectivity index (χ0) is 15.2. The van der Waals surface area contributed by atoms with Crippen molar-refractivity contribution in [3.63, 3.8) is 0 Å². The Kier molecular flexibility index (Phi) is 3.20. The Bertz CT molecular complexity index is 800. The van der Waals surface area contributed by atoms with Crippen LogP contribution in [0.5, 0.6) is 0 Å². The minimum atomic E-state index is -3.04. The first-order valence-corrected chi connectivity index (χ1v) is 8.36. The van der Waals surface area contributed by atoms with Crippen LogP contribution in [0, 0.1) is 12.7 Å². The minimum absolute atomic E-state index is 0.0244. The molecule has 0 saturated carbocycles. The van der Waals surface area contributed by atoms with E-state index in [4.69, 9.17) is 5.73 Å². The molecule has 2 aromatic heterocycles. The van der Waals surface area contributed by atoms with Gasteiger partial charge in [-0.1, -0.05) is 0 Å². The van der Waals surface area contributed by atoms with Gasteiger partial charge in [0.15, 0.2) is 15.7 Å². The Hall–Kier alpha value is -1.96. The van der Waals surface area contributed by atoms with Crippen LogP contribution in [0.25, 0.3) is 11.3 Å².